The van der Waals surface area contributed by atoms with Crippen LogP contribution in [0, 0.1) is 0 Å². The average molecular weight is 485 g/mol. The molecule has 0 saturated carbocycles. The third-order valence-electron chi connectivity index (χ3n) is 6.30. The van der Waals surface area contributed by atoms with E-state index in [2.05, 4.69) is 10.6 Å². The Kier molecular flexibility index (Phi) is 8.34. The minimum absolute atomic E-state index is 0.0312. The summed E-state index contributed by atoms with van der Waals surface area (Å²) >= 11 is 0. The predicted octanol–water partition coefficient (Wildman–Crippen LogP) is 5.03. The van der Waals surface area contributed by atoms with Gasteiger partial charge in [0.05, 0.1) is 6.54 Å². The first kappa shape index (κ1) is 25.0. The van der Waals surface area contributed by atoms with Crippen molar-refractivity contribution in [2.45, 2.75) is 25.7 Å². The Bertz CT molecular complexity index is 1200. The van der Waals surface area contributed by atoms with Crippen LogP contribution in [0.25, 0.3) is 0 Å². The lowest BCUT2D eigenvalue weighted by molar-refractivity contribution is -0.114. The zero-order chi connectivity index (χ0) is 25.3. The molecular formula is C29H32N4O3. The van der Waals surface area contributed by atoms with Crippen molar-refractivity contribution in [1.82, 2.24) is 4.90 Å². The highest BCUT2D eigenvalue weighted by Crippen LogP contribution is 2.19. The van der Waals surface area contributed by atoms with E-state index in [-0.39, 0.29) is 24.3 Å². The molecule has 4 rings (SSSR count). The first-order valence-corrected chi connectivity index (χ1v) is 12.4. The van der Waals surface area contributed by atoms with Gasteiger partial charge in [-0.25, -0.2) is 0 Å². The minimum Gasteiger partial charge on any atom is -0.376 e. The molecule has 0 spiro atoms. The van der Waals surface area contributed by atoms with Crippen molar-refractivity contribution in [3.8, 4) is 0 Å². The molecule has 0 aliphatic carbocycles. The van der Waals surface area contributed by atoms with E-state index in [1.54, 1.807) is 42.3 Å². The maximum atomic E-state index is 12.9. The smallest absolute Gasteiger partial charge is 0.258 e. The molecule has 1 heterocycles. The van der Waals surface area contributed by atoms with E-state index in [0.717, 1.165) is 31.6 Å². The van der Waals surface area contributed by atoms with E-state index in [4.69, 9.17) is 0 Å². The Labute approximate surface area is 212 Å². The largest absolute Gasteiger partial charge is 0.376 e. The summed E-state index contributed by atoms with van der Waals surface area (Å²) < 4.78 is 0. The molecule has 0 bridgehead atoms. The van der Waals surface area contributed by atoms with Gasteiger partial charge in [0.2, 0.25) is 5.91 Å². The SMILES string of the molecule is CN(C(=O)c1cccc(NC(=O)CNc2cccc(C(=O)N3CCCCCC3)c2)c1)c1ccccc1. The van der Waals surface area contributed by atoms with Crippen LogP contribution in [0.15, 0.2) is 78.9 Å². The molecule has 3 aromatic rings. The maximum absolute atomic E-state index is 12.9. The van der Waals surface area contributed by atoms with Crippen molar-refractivity contribution in [3.05, 3.63) is 90.0 Å². The highest BCUT2D eigenvalue weighted by Gasteiger charge is 2.18. The van der Waals surface area contributed by atoms with E-state index in [0.29, 0.717) is 22.5 Å². The maximum Gasteiger partial charge on any atom is 0.258 e. The van der Waals surface area contributed by atoms with Gasteiger partial charge in [-0.2, -0.15) is 0 Å². The number of amides is 3. The Hall–Kier alpha value is -4.13. The molecule has 0 unspecified atom stereocenters. The van der Waals surface area contributed by atoms with Crippen LogP contribution in [0.2, 0.25) is 0 Å². The molecule has 1 aliphatic heterocycles. The van der Waals surface area contributed by atoms with Crippen molar-refractivity contribution in [3.63, 3.8) is 0 Å². The van der Waals surface area contributed by atoms with Crippen LogP contribution in [0.4, 0.5) is 17.1 Å². The first-order chi connectivity index (χ1) is 17.5. The predicted molar refractivity (Wildman–Crippen MR) is 144 cm³/mol. The first-order valence-electron chi connectivity index (χ1n) is 12.4. The molecule has 1 saturated heterocycles. The van der Waals surface area contributed by atoms with E-state index in [1.165, 1.54) is 12.8 Å². The second-order valence-electron chi connectivity index (χ2n) is 8.97. The van der Waals surface area contributed by atoms with Gasteiger partial charge < -0.3 is 20.4 Å². The lowest BCUT2D eigenvalue weighted by Crippen LogP contribution is -2.31. The molecule has 7 nitrogen and oxygen atoms in total. The summed E-state index contributed by atoms with van der Waals surface area (Å²) in [5.41, 5.74) is 3.14. The van der Waals surface area contributed by atoms with Crippen LogP contribution in [-0.4, -0.2) is 49.3 Å². The number of hydrogen-bond acceptors (Lipinski definition) is 4. The monoisotopic (exact) mass is 484 g/mol. The van der Waals surface area contributed by atoms with E-state index in [9.17, 15) is 14.4 Å². The van der Waals surface area contributed by atoms with Crippen molar-refractivity contribution in [2.24, 2.45) is 0 Å². The van der Waals surface area contributed by atoms with Crippen LogP contribution < -0.4 is 15.5 Å². The Morgan fingerprint density at radius 1 is 0.778 bits per heavy atom. The molecule has 0 radical (unpaired) electrons. The highest BCUT2D eigenvalue weighted by molar-refractivity contribution is 6.06. The standard InChI is InChI=1S/C29H32N4O3/c1-32(26-15-5-4-6-16-26)28(35)22-11-10-14-25(20-22)31-27(34)21-30-24-13-9-12-23(19-24)29(36)33-17-7-2-3-8-18-33/h4-6,9-16,19-20,30H,2-3,7-8,17-18,21H2,1H3,(H,31,34). The summed E-state index contributed by atoms with van der Waals surface area (Å²) in [6.07, 6.45) is 4.42. The molecule has 186 valence electrons. The number of rotatable bonds is 7. The van der Waals surface area contributed by atoms with Gasteiger partial charge in [0.15, 0.2) is 0 Å². The van der Waals surface area contributed by atoms with Crippen molar-refractivity contribution in [2.75, 3.05) is 42.2 Å². The van der Waals surface area contributed by atoms with Crippen LogP contribution in [-0.2, 0) is 4.79 Å². The Morgan fingerprint density at radius 2 is 1.42 bits per heavy atom. The molecule has 1 aliphatic rings. The molecule has 3 aromatic carbocycles. The van der Waals surface area contributed by atoms with Crippen LogP contribution >= 0.6 is 0 Å². The molecule has 7 heteroatoms. The lowest BCUT2D eigenvalue weighted by Gasteiger charge is -2.20. The molecule has 0 atom stereocenters. The van der Waals surface area contributed by atoms with Crippen molar-refractivity contribution >= 4 is 34.8 Å². The van der Waals surface area contributed by atoms with Crippen LogP contribution in [0.3, 0.4) is 0 Å². The molecular weight excluding hydrogens is 452 g/mol. The summed E-state index contributed by atoms with van der Waals surface area (Å²) in [6, 6.07) is 23.5. The minimum atomic E-state index is -0.250. The summed E-state index contributed by atoms with van der Waals surface area (Å²) in [4.78, 5) is 41.9. The zero-order valence-electron chi connectivity index (χ0n) is 20.6. The highest BCUT2D eigenvalue weighted by atomic mass is 16.2. The third kappa shape index (κ3) is 6.50. The number of anilines is 3. The van der Waals surface area contributed by atoms with E-state index >= 15 is 0 Å². The number of benzene rings is 3. The molecule has 0 aromatic heterocycles. The summed E-state index contributed by atoms with van der Waals surface area (Å²) in [7, 11) is 1.72. The number of para-hydroxylation sites is 1. The zero-order valence-corrected chi connectivity index (χ0v) is 20.6. The van der Waals surface area contributed by atoms with Crippen molar-refractivity contribution in [1.29, 1.82) is 0 Å². The number of hydrogen-bond donors (Lipinski definition) is 2. The van der Waals surface area contributed by atoms with Gasteiger partial charge >= 0.3 is 0 Å². The Balaban J connectivity index is 1.34. The van der Waals surface area contributed by atoms with Gasteiger partial charge in [-0.3, -0.25) is 14.4 Å². The number of carbonyl (C=O) groups excluding carboxylic acids is 3. The third-order valence-corrected chi connectivity index (χ3v) is 6.30. The van der Waals surface area contributed by atoms with Gasteiger partial charge in [0.1, 0.15) is 0 Å². The molecule has 2 N–H and O–H groups in total. The van der Waals surface area contributed by atoms with Gasteiger partial charge in [-0.15, -0.1) is 0 Å². The number of nitrogens with one attached hydrogen (secondary N) is 2. The molecule has 36 heavy (non-hydrogen) atoms. The summed E-state index contributed by atoms with van der Waals surface area (Å²) in [5.74, 6) is -0.381. The van der Waals surface area contributed by atoms with E-state index < -0.39 is 0 Å². The topological polar surface area (TPSA) is 81.8 Å². The average Bonchev–Trinajstić information content (AvgIpc) is 3.21. The van der Waals surface area contributed by atoms with E-state index in [1.807, 2.05) is 53.4 Å². The van der Waals surface area contributed by atoms with Gasteiger partial charge in [0, 0.05) is 48.3 Å². The van der Waals surface area contributed by atoms with Crippen molar-refractivity contribution < 1.29 is 14.4 Å². The lowest BCUT2D eigenvalue weighted by atomic mass is 10.1. The number of likely N-dealkylation sites (tertiary alicyclic amines) is 1. The van der Waals surface area contributed by atoms with Crippen LogP contribution in [0.5, 0.6) is 0 Å². The summed E-state index contributed by atoms with van der Waals surface area (Å²) in [6.45, 7) is 1.62. The second kappa shape index (κ2) is 12.0. The van der Waals surface area contributed by atoms with Gasteiger partial charge in [0.25, 0.3) is 11.8 Å². The summed E-state index contributed by atoms with van der Waals surface area (Å²) in [5, 5.41) is 5.93. The number of nitrogens with zero attached hydrogens (tertiary/aromatic N) is 2. The molecule has 3 amide bonds. The fourth-order valence-electron chi connectivity index (χ4n) is 4.30. The Morgan fingerprint density at radius 3 is 2.14 bits per heavy atom. The van der Waals surface area contributed by atoms with Gasteiger partial charge in [-0.05, 0) is 61.4 Å². The number of carbonyl (C=O) groups is 3. The second-order valence-corrected chi connectivity index (χ2v) is 8.97. The van der Waals surface area contributed by atoms with Crippen LogP contribution in [0.1, 0.15) is 46.4 Å². The quantitative estimate of drug-likeness (QED) is 0.493. The molecule has 1 fully saturated rings. The normalized spacial score (nSPS) is 13.4. The van der Waals surface area contributed by atoms with Gasteiger partial charge in [-0.1, -0.05) is 43.2 Å². The fourth-order valence-corrected chi connectivity index (χ4v) is 4.30. The fraction of sp³-hybridized carbons (Fsp3) is 0.276.